The second-order valence-electron chi connectivity index (χ2n) is 6.49. The third-order valence-corrected chi connectivity index (χ3v) is 3.95. The van der Waals surface area contributed by atoms with Gasteiger partial charge in [0, 0.05) is 12.1 Å². The van der Waals surface area contributed by atoms with Crippen molar-refractivity contribution >= 4 is 23.6 Å². The molecule has 0 radical (unpaired) electrons. The Morgan fingerprint density at radius 2 is 1.93 bits per heavy atom. The van der Waals surface area contributed by atoms with E-state index < -0.39 is 5.97 Å². The Labute approximate surface area is 173 Å². The van der Waals surface area contributed by atoms with Crippen LogP contribution in [0, 0.1) is 12.7 Å². The summed E-state index contributed by atoms with van der Waals surface area (Å²) in [4.78, 5) is 24.0. The second-order valence-corrected chi connectivity index (χ2v) is 6.49. The molecule has 1 heterocycles. The summed E-state index contributed by atoms with van der Waals surface area (Å²) in [6.07, 6.45) is 0.719. The smallest absolute Gasteiger partial charge is 0.306 e. The maximum atomic E-state index is 13.0. The van der Waals surface area contributed by atoms with Crippen LogP contribution in [0.25, 0.3) is 0 Å². The molecule has 0 aliphatic heterocycles. The van der Waals surface area contributed by atoms with Gasteiger partial charge in [0.05, 0.1) is 6.61 Å². The van der Waals surface area contributed by atoms with Crippen molar-refractivity contribution in [3.8, 4) is 5.75 Å². The predicted molar refractivity (Wildman–Crippen MR) is 110 cm³/mol. The van der Waals surface area contributed by atoms with E-state index in [4.69, 9.17) is 15.2 Å². The van der Waals surface area contributed by atoms with Gasteiger partial charge in [0.1, 0.15) is 11.6 Å². The Balaban J connectivity index is 1.44. The minimum atomic E-state index is -0.394. The summed E-state index contributed by atoms with van der Waals surface area (Å²) in [5.41, 5.74) is 7.38. The van der Waals surface area contributed by atoms with Gasteiger partial charge in [-0.1, -0.05) is 12.1 Å². The minimum Gasteiger partial charge on any atom is -0.494 e. The van der Waals surface area contributed by atoms with Crippen LogP contribution in [0.5, 0.6) is 5.75 Å². The lowest BCUT2D eigenvalue weighted by atomic mass is 10.2. The zero-order chi connectivity index (χ0) is 21.3. The van der Waals surface area contributed by atoms with Crippen molar-refractivity contribution < 1.29 is 18.7 Å². The molecular formula is C21H22FN5O3. The SMILES string of the molecule is Cc1cccc(OCCCC(=O)OCc2nc(N)nc(Nc3ccc(F)cc3)n2)c1. The Hall–Kier alpha value is -3.75. The van der Waals surface area contributed by atoms with Crippen molar-refractivity contribution in [2.24, 2.45) is 0 Å². The number of nitrogens with two attached hydrogens (primary N) is 1. The van der Waals surface area contributed by atoms with Gasteiger partial charge < -0.3 is 20.5 Å². The van der Waals surface area contributed by atoms with Crippen molar-refractivity contribution in [2.75, 3.05) is 17.7 Å². The lowest BCUT2D eigenvalue weighted by Gasteiger charge is -2.09. The number of carbonyl (C=O) groups is 1. The first kappa shape index (κ1) is 21.0. The number of hydrogen-bond donors (Lipinski definition) is 2. The molecule has 0 saturated heterocycles. The lowest BCUT2D eigenvalue weighted by Crippen LogP contribution is -2.11. The number of ether oxygens (including phenoxy) is 2. The van der Waals surface area contributed by atoms with Crippen LogP contribution in [0.4, 0.5) is 22.0 Å². The first-order chi connectivity index (χ1) is 14.5. The summed E-state index contributed by atoms with van der Waals surface area (Å²) in [6.45, 7) is 2.25. The number of carbonyl (C=O) groups excluding carboxylic acids is 1. The number of nitrogens with zero attached hydrogens (tertiary/aromatic N) is 3. The standard InChI is InChI=1S/C21H22FN5O3/c1-14-4-2-5-17(12-14)29-11-3-6-19(28)30-13-18-25-20(23)27-21(26-18)24-16-9-7-15(22)8-10-16/h2,4-5,7-10,12H,3,6,11,13H2,1H3,(H3,23,24,25,26,27). The number of halogens is 1. The molecule has 0 bridgehead atoms. The molecule has 30 heavy (non-hydrogen) atoms. The fourth-order valence-corrected chi connectivity index (χ4v) is 2.55. The van der Waals surface area contributed by atoms with E-state index in [9.17, 15) is 9.18 Å². The number of nitrogens with one attached hydrogen (secondary N) is 1. The molecule has 0 amide bonds. The fraction of sp³-hybridized carbons (Fsp3) is 0.238. The summed E-state index contributed by atoms with van der Waals surface area (Å²) >= 11 is 0. The van der Waals surface area contributed by atoms with E-state index in [2.05, 4.69) is 20.3 Å². The molecule has 1 aromatic heterocycles. The summed E-state index contributed by atoms with van der Waals surface area (Å²) in [7, 11) is 0. The average Bonchev–Trinajstić information content (AvgIpc) is 2.71. The minimum absolute atomic E-state index is 0.0211. The molecule has 0 fully saturated rings. The van der Waals surface area contributed by atoms with E-state index in [0.717, 1.165) is 11.3 Å². The van der Waals surface area contributed by atoms with Crippen molar-refractivity contribution in [3.63, 3.8) is 0 Å². The number of anilines is 3. The van der Waals surface area contributed by atoms with Crippen LogP contribution in [-0.2, 0) is 16.1 Å². The third-order valence-electron chi connectivity index (χ3n) is 3.95. The van der Waals surface area contributed by atoms with Crippen LogP contribution in [0.2, 0.25) is 0 Å². The first-order valence-electron chi connectivity index (χ1n) is 9.36. The molecule has 2 aromatic carbocycles. The molecule has 0 aliphatic rings. The molecular weight excluding hydrogens is 389 g/mol. The van der Waals surface area contributed by atoms with Gasteiger partial charge in [-0.2, -0.15) is 15.0 Å². The third kappa shape index (κ3) is 6.69. The number of aryl methyl sites for hydroxylation is 1. The predicted octanol–water partition coefficient (Wildman–Crippen LogP) is 3.55. The molecule has 3 aromatic rings. The summed E-state index contributed by atoms with van der Waals surface area (Å²) in [5, 5.41) is 2.90. The van der Waals surface area contributed by atoms with Crippen molar-refractivity contribution in [1.29, 1.82) is 0 Å². The normalized spacial score (nSPS) is 10.5. The summed E-state index contributed by atoms with van der Waals surface area (Å²) in [6, 6.07) is 13.4. The van der Waals surface area contributed by atoms with Gasteiger partial charge in [0.15, 0.2) is 12.4 Å². The van der Waals surface area contributed by atoms with Crippen molar-refractivity contribution in [3.05, 3.63) is 65.7 Å². The van der Waals surface area contributed by atoms with Gasteiger partial charge in [-0.25, -0.2) is 4.39 Å². The lowest BCUT2D eigenvalue weighted by molar-refractivity contribution is -0.145. The molecule has 9 heteroatoms. The largest absolute Gasteiger partial charge is 0.494 e. The van der Waals surface area contributed by atoms with E-state index in [-0.39, 0.29) is 36.6 Å². The van der Waals surface area contributed by atoms with Gasteiger partial charge in [-0.3, -0.25) is 4.79 Å². The molecule has 8 nitrogen and oxygen atoms in total. The quantitative estimate of drug-likeness (QED) is 0.406. The van der Waals surface area contributed by atoms with E-state index in [1.165, 1.54) is 24.3 Å². The highest BCUT2D eigenvalue weighted by Gasteiger charge is 2.09. The topological polar surface area (TPSA) is 112 Å². The van der Waals surface area contributed by atoms with Crippen molar-refractivity contribution in [2.45, 2.75) is 26.4 Å². The molecule has 0 spiro atoms. The maximum absolute atomic E-state index is 13.0. The summed E-state index contributed by atoms with van der Waals surface area (Å²) < 4.78 is 23.8. The highest BCUT2D eigenvalue weighted by atomic mass is 19.1. The van der Waals surface area contributed by atoms with Gasteiger partial charge in [0.25, 0.3) is 0 Å². The maximum Gasteiger partial charge on any atom is 0.306 e. The Morgan fingerprint density at radius 1 is 1.13 bits per heavy atom. The molecule has 0 unspecified atom stereocenters. The van der Waals surface area contributed by atoms with Crippen LogP contribution in [0.3, 0.4) is 0 Å². The number of hydrogen-bond acceptors (Lipinski definition) is 8. The molecule has 3 rings (SSSR count). The Kier molecular flexibility index (Phi) is 7.09. The Bertz CT molecular complexity index is 998. The van der Waals surface area contributed by atoms with Crippen molar-refractivity contribution in [1.82, 2.24) is 15.0 Å². The molecule has 0 saturated carbocycles. The van der Waals surface area contributed by atoms with Crippen LogP contribution in [-0.4, -0.2) is 27.5 Å². The highest BCUT2D eigenvalue weighted by molar-refractivity contribution is 5.69. The molecule has 3 N–H and O–H groups in total. The highest BCUT2D eigenvalue weighted by Crippen LogP contribution is 2.15. The van der Waals surface area contributed by atoms with Gasteiger partial charge >= 0.3 is 5.97 Å². The Morgan fingerprint density at radius 3 is 2.70 bits per heavy atom. The van der Waals surface area contributed by atoms with Gasteiger partial charge in [0.2, 0.25) is 11.9 Å². The van der Waals surface area contributed by atoms with Gasteiger partial charge in [-0.05, 0) is 55.3 Å². The van der Waals surface area contributed by atoms with E-state index in [0.29, 0.717) is 18.7 Å². The number of rotatable bonds is 9. The number of benzene rings is 2. The molecule has 0 atom stereocenters. The zero-order valence-corrected chi connectivity index (χ0v) is 16.5. The second kappa shape index (κ2) is 10.1. The van der Waals surface area contributed by atoms with E-state index in [1.807, 2.05) is 31.2 Å². The summed E-state index contributed by atoms with van der Waals surface area (Å²) in [5.74, 6) is 0.378. The monoisotopic (exact) mass is 411 g/mol. The van der Waals surface area contributed by atoms with E-state index >= 15 is 0 Å². The van der Waals surface area contributed by atoms with Crippen LogP contribution < -0.4 is 15.8 Å². The number of aromatic nitrogens is 3. The van der Waals surface area contributed by atoms with Crippen LogP contribution in [0.15, 0.2) is 48.5 Å². The first-order valence-corrected chi connectivity index (χ1v) is 9.36. The molecule has 0 aliphatic carbocycles. The zero-order valence-electron chi connectivity index (χ0n) is 16.5. The van der Waals surface area contributed by atoms with Crippen LogP contribution in [0.1, 0.15) is 24.2 Å². The number of nitrogen functional groups attached to an aromatic ring is 1. The van der Waals surface area contributed by atoms with Crippen LogP contribution >= 0.6 is 0 Å². The molecule has 156 valence electrons. The van der Waals surface area contributed by atoms with Gasteiger partial charge in [-0.15, -0.1) is 0 Å². The van der Waals surface area contributed by atoms with E-state index in [1.54, 1.807) is 0 Å². The fourth-order valence-electron chi connectivity index (χ4n) is 2.55. The average molecular weight is 411 g/mol. The number of esters is 1.